The molecule has 2 heterocycles. The van der Waals surface area contributed by atoms with Gasteiger partial charge in [-0.05, 0) is 5.56 Å². The van der Waals surface area contributed by atoms with Crippen molar-refractivity contribution in [1.29, 1.82) is 0 Å². The minimum absolute atomic E-state index is 0.0241. The molecule has 19 heavy (non-hydrogen) atoms. The summed E-state index contributed by atoms with van der Waals surface area (Å²) in [5, 5.41) is 0. The monoisotopic (exact) mass is 257 g/mol. The highest BCUT2D eigenvalue weighted by molar-refractivity contribution is 5.38. The smallest absolute Gasteiger partial charge is 0.252 e. The number of rotatable bonds is 2. The van der Waals surface area contributed by atoms with E-state index in [1.54, 1.807) is 0 Å². The van der Waals surface area contributed by atoms with Crippen LogP contribution in [0.15, 0.2) is 47.5 Å². The van der Waals surface area contributed by atoms with E-state index < -0.39 is 0 Å². The van der Waals surface area contributed by atoms with Gasteiger partial charge in [-0.2, -0.15) is 0 Å². The number of aromatic nitrogens is 2. The highest BCUT2D eigenvalue weighted by atomic mass is 16.5. The summed E-state index contributed by atoms with van der Waals surface area (Å²) in [5.41, 5.74) is 1.02. The van der Waals surface area contributed by atoms with Crippen molar-refractivity contribution in [2.75, 3.05) is 24.6 Å². The third-order valence-electron chi connectivity index (χ3n) is 3.23. The number of anilines is 1. The maximum atomic E-state index is 11.3. The molecule has 3 rings (SSSR count). The Bertz CT molecular complexity index is 597. The molecule has 0 saturated carbocycles. The van der Waals surface area contributed by atoms with Gasteiger partial charge >= 0.3 is 0 Å². The lowest BCUT2D eigenvalue weighted by molar-refractivity contribution is 0.0395. The maximum absolute atomic E-state index is 11.3. The Balaban J connectivity index is 1.80. The second kappa shape index (κ2) is 5.24. The molecule has 1 unspecified atom stereocenters. The van der Waals surface area contributed by atoms with Gasteiger partial charge in [-0.1, -0.05) is 30.3 Å². The van der Waals surface area contributed by atoms with Gasteiger partial charge in [-0.25, -0.2) is 4.98 Å². The summed E-state index contributed by atoms with van der Waals surface area (Å²) in [4.78, 5) is 20.1. The molecule has 1 atom stereocenters. The molecule has 2 aromatic rings. The van der Waals surface area contributed by atoms with E-state index in [2.05, 4.69) is 27.0 Å². The summed E-state index contributed by atoms with van der Waals surface area (Å²) in [6, 6.07) is 11.6. The fraction of sp³-hybridized carbons (Fsp3) is 0.286. The average Bonchev–Trinajstić information content (AvgIpc) is 2.48. The Morgan fingerprint density at radius 3 is 2.95 bits per heavy atom. The van der Waals surface area contributed by atoms with Gasteiger partial charge in [0.1, 0.15) is 11.9 Å². The number of nitrogens with one attached hydrogen (secondary N) is 1. The molecule has 0 radical (unpaired) electrons. The van der Waals surface area contributed by atoms with Crippen molar-refractivity contribution in [2.24, 2.45) is 0 Å². The predicted octanol–water partition coefficient (Wildman–Crippen LogP) is 1.35. The van der Waals surface area contributed by atoms with Gasteiger partial charge in [0.15, 0.2) is 0 Å². The molecule has 1 aliphatic rings. The molecule has 1 aliphatic heterocycles. The molecule has 0 bridgehead atoms. The Morgan fingerprint density at radius 2 is 2.16 bits per heavy atom. The van der Waals surface area contributed by atoms with Crippen LogP contribution in [-0.2, 0) is 4.74 Å². The fourth-order valence-electron chi connectivity index (χ4n) is 2.26. The molecule has 1 saturated heterocycles. The topological polar surface area (TPSA) is 58.2 Å². The highest BCUT2D eigenvalue weighted by Gasteiger charge is 2.22. The van der Waals surface area contributed by atoms with Gasteiger partial charge in [-0.15, -0.1) is 0 Å². The number of ether oxygens (including phenoxy) is 1. The summed E-state index contributed by atoms with van der Waals surface area (Å²) in [6.45, 7) is 2.09. The normalized spacial score (nSPS) is 19.4. The Kier molecular flexibility index (Phi) is 3.29. The molecule has 1 aromatic heterocycles. The second-order valence-corrected chi connectivity index (χ2v) is 4.49. The van der Waals surface area contributed by atoms with E-state index >= 15 is 0 Å². The van der Waals surface area contributed by atoms with E-state index in [9.17, 15) is 4.79 Å². The lowest BCUT2D eigenvalue weighted by atomic mass is 10.1. The summed E-state index contributed by atoms with van der Waals surface area (Å²) in [6.07, 6.45) is 1.46. The van der Waals surface area contributed by atoms with Gasteiger partial charge in [-0.3, -0.25) is 4.79 Å². The SMILES string of the molecule is O=c1cc(N2CCOC(c3ccccc3)C2)nc[nH]1. The molecule has 1 N–H and O–H groups in total. The third kappa shape index (κ3) is 2.66. The minimum Gasteiger partial charge on any atom is -0.370 e. The lowest BCUT2D eigenvalue weighted by Crippen LogP contribution is -2.39. The first-order valence-corrected chi connectivity index (χ1v) is 6.29. The molecule has 0 aliphatic carbocycles. The van der Waals surface area contributed by atoms with Crippen molar-refractivity contribution in [3.8, 4) is 0 Å². The Labute approximate surface area is 110 Å². The molecule has 5 heteroatoms. The number of benzene rings is 1. The molecular formula is C14H15N3O2. The number of hydrogen-bond acceptors (Lipinski definition) is 4. The van der Waals surface area contributed by atoms with E-state index in [1.807, 2.05) is 18.2 Å². The molecule has 1 aromatic carbocycles. The van der Waals surface area contributed by atoms with Crippen molar-refractivity contribution < 1.29 is 4.74 Å². The number of aromatic amines is 1. The molecule has 0 amide bonds. The van der Waals surface area contributed by atoms with Gasteiger partial charge in [0, 0.05) is 19.2 Å². The zero-order chi connectivity index (χ0) is 13.1. The van der Waals surface area contributed by atoms with Crippen LogP contribution in [0, 0.1) is 0 Å². The van der Waals surface area contributed by atoms with Gasteiger partial charge in [0.05, 0.1) is 12.9 Å². The van der Waals surface area contributed by atoms with Crippen LogP contribution in [0.1, 0.15) is 11.7 Å². The van der Waals surface area contributed by atoms with Crippen molar-refractivity contribution in [3.63, 3.8) is 0 Å². The van der Waals surface area contributed by atoms with Crippen LogP contribution in [0.4, 0.5) is 5.82 Å². The number of H-pyrrole nitrogens is 1. The molecule has 0 spiro atoms. The standard InChI is InChI=1S/C14H15N3O2/c18-14-8-13(15-10-16-14)17-6-7-19-12(9-17)11-4-2-1-3-5-11/h1-5,8,10,12H,6-7,9H2,(H,15,16,18). The van der Waals surface area contributed by atoms with Gasteiger partial charge in [0.25, 0.3) is 5.56 Å². The second-order valence-electron chi connectivity index (χ2n) is 4.49. The van der Waals surface area contributed by atoms with Gasteiger partial charge in [0.2, 0.25) is 0 Å². The van der Waals surface area contributed by atoms with Crippen LogP contribution in [0.3, 0.4) is 0 Å². The van der Waals surface area contributed by atoms with Crippen LogP contribution in [0.2, 0.25) is 0 Å². The zero-order valence-corrected chi connectivity index (χ0v) is 10.5. The van der Waals surface area contributed by atoms with Crippen molar-refractivity contribution in [2.45, 2.75) is 6.10 Å². The van der Waals surface area contributed by atoms with E-state index in [0.29, 0.717) is 19.0 Å². The molecule has 98 valence electrons. The summed E-state index contributed by atoms with van der Waals surface area (Å²) >= 11 is 0. The molecule has 1 fully saturated rings. The first-order chi connectivity index (χ1) is 9.33. The largest absolute Gasteiger partial charge is 0.370 e. The van der Waals surface area contributed by atoms with Crippen molar-refractivity contribution in [1.82, 2.24) is 9.97 Å². The zero-order valence-electron chi connectivity index (χ0n) is 10.5. The minimum atomic E-state index is -0.132. The van der Waals surface area contributed by atoms with E-state index in [-0.39, 0.29) is 11.7 Å². The number of nitrogens with zero attached hydrogens (tertiary/aromatic N) is 2. The van der Waals surface area contributed by atoms with Crippen LogP contribution in [0.5, 0.6) is 0 Å². The molecular weight excluding hydrogens is 242 g/mol. The summed E-state index contributed by atoms with van der Waals surface area (Å²) in [5.74, 6) is 0.702. The van der Waals surface area contributed by atoms with Crippen LogP contribution >= 0.6 is 0 Å². The summed E-state index contributed by atoms with van der Waals surface area (Å²) < 4.78 is 5.79. The lowest BCUT2D eigenvalue weighted by Gasteiger charge is -2.33. The quantitative estimate of drug-likeness (QED) is 0.882. The Morgan fingerprint density at radius 1 is 1.32 bits per heavy atom. The van der Waals surface area contributed by atoms with E-state index in [1.165, 1.54) is 12.4 Å². The highest BCUT2D eigenvalue weighted by Crippen LogP contribution is 2.24. The Hall–Kier alpha value is -2.14. The molecule has 5 nitrogen and oxygen atoms in total. The fourth-order valence-corrected chi connectivity index (χ4v) is 2.26. The van der Waals surface area contributed by atoms with E-state index in [4.69, 9.17) is 4.74 Å². The maximum Gasteiger partial charge on any atom is 0.252 e. The van der Waals surface area contributed by atoms with Crippen LogP contribution in [0.25, 0.3) is 0 Å². The first-order valence-electron chi connectivity index (χ1n) is 6.29. The van der Waals surface area contributed by atoms with Crippen molar-refractivity contribution in [3.05, 3.63) is 58.6 Å². The third-order valence-corrected chi connectivity index (χ3v) is 3.23. The number of hydrogen-bond donors (Lipinski definition) is 1. The summed E-state index contributed by atoms with van der Waals surface area (Å²) in [7, 11) is 0. The van der Waals surface area contributed by atoms with Crippen LogP contribution in [-0.4, -0.2) is 29.7 Å². The predicted molar refractivity (Wildman–Crippen MR) is 72.2 cm³/mol. The van der Waals surface area contributed by atoms with Crippen molar-refractivity contribution >= 4 is 5.82 Å². The van der Waals surface area contributed by atoms with E-state index in [0.717, 1.165) is 12.1 Å². The van der Waals surface area contributed by atoms with Crippen LogP contribution < -0.4 is 10.5 Å². The average molecular weight is 257 g/mol. The van der Waals surface area contributed by atoms with Gasteiger partial charge < -0.3 is 14.6 Å². The first kappa shape index (κ1) is 11.9. The number of morpholine rings is 1.